The van der Waals surface area contributed by atoms with E-state index in [0.29, 0.717) is 36.8 Å². The van der Waals surface area contributed by atoms with Crippen LogP contribution in [0.4, 0.5) is 5.69 Å². The number of methoxy groups -OCH3 is 1. The first kappa shape index (κ1) is 33.5. The van der Waals surface area contributed by atoms with Gasteiger partial charge in [0.2, 0.25) is 21.8 Å². The normalized spacial score (nSPS) is 11.8. The molecule has 2 amide bonds. The number of nitrogens with one attached hydrogen (secondary N) is 1. The molecule has 0 aliphatic heterocycles. The maximum atomic E-state index is 14.0. The summed E-state index contributed by atoms with van der Waals surface area (Å²) in [5.74, 6) is 0.626. The Morgan fingerprint density at radius 2 is 1.63 bits per heavy atom. The lowest BCUT2D eigenvalue weighted by Crippen LogP contribution is -2.50. The number of nitrogens with zero attached hydrogens (tertiary/aromatic N) is 2. The molecular formula is C33H43N3O6S. The third-order valence-electron chi connectivity index (χ3n) is 6.89. The van der Waals surface area contributed by atoms with E-state index in [-0.39, 0.29) is 37.7 Å². The van der Waals surface area contributed by atoms with Crippen LogP contribution >= 0.6 is 0 Å². The highest BCUT2D eigenvalue weighted by Crippen LogP contribution is 2.30. The molecule has 10 heteroatoms. The Balaban J connectivity index is 1.90. The molecule has 0 unspecified atom stereocenters. The molecule has 3 rings (SSSR count). The van der Waals surface area contributed by atoms with Gasteiger partial charge in [0.15, 0.2) is 0 Å². The molecule has 0 fully saturated rings. The van der Waals surface area contributed by atoms with E-state index < -0.39 is 16.1 Å². The van der Waals surface area contributed by atoms with Gasteiger partial charge in [-0.05, 0) is 55.2 Å². The summed E-state index contributed by atoms with van der Waals surface area (Å²) in [7, 11) is -2.08. The molecule has 3 aromatic carbocycles. The summed E-state index contributed by atoms with van der Waals surface area (Å²) in [6, 6.07) is 23.2. The average Bonchev–Trinajstić information content (AvgIpc) is 3.00. The smallest absolute Gasteiger partial charge is 0.243 e. The number of carbonyl (C=O) groups excluding carboxylic acids is 2. The first-order chi connectivity index (χ1) is 20.7. The predicted octanol–water partition coefficient (Wildman–Crippen LogP) is 4.81. The molecule has 1 atom stereocenters. The van der Waals surface area contributed by atoms with Crippen LogP contribution < -0.4 is 19.1 Å². The highest BCUT2D eigenvalue weighted by molar-refractivity contribution is 7.92. The largest absolute Gasteiger partial charge is 0.497 e. The van der Waals surface area contributed by atoms with Gasteiger partial charge in [-0.2, -0.15) is 0 Å². The maximum Gasteiger partial charge on any atom is 0.243 e. The number of para-hydroxylation sites is 2. The van der Waals surface area contributed by atoms with Crippen molar-refractivity contribution < 1.29 is 27.5 Å². The van der Waals surface area contributed by atoms with Gasteiger partial charge in [-0.25, -0.2) is 8.42 Å². The molecule has 0 aliphatic rings. The lowest BCUT2D eigenvalue weighted by Gasteiger charge is -2.32. The number of rotatable bonds is 17. The van der Waals surface area contributed by atoms with Crippen LogP contribution in [0.3, 0.4) is 0 Å². The Hall–Kier alpha value is -4.05. The highest BCUT2D eigenvalue weighted by atomic mass is 32.2. The Bertz CT molecular complexity index is 1430. The first-order valence-electron chi connectivity index (χ1n) is 14.6. The van der Waals surface area contributed by atoms with E-state index in [1.807, 2.05) is 68.4 Å². The summed E-state index contributed by atoms with van der Waals surface area (Å²) in [5.41, 5.74) is 2.17. The molecule has 0 saturated heterocycles. The van der Waals surface area contributed by atoms with Gasteiger partial charge in [0.1, 0.15) is 17.5 Å². The van der Waals surface area contributed by atoms with Crippen molar-refractivity contribution >= 4 is 27.5 Å². The quantitative estimate of drug-likeness (QED) is 0.236. The molecular weight excluding hydrogens is 566 g/mol. The van der Waals surface area contributed by atoms with Gasteiger partial charge in [-0.1, -0.05) is 61.5 Å². The second-order valence-electron chi connectivity index (χ2n) is 10.2. The molecule has 0 radical (unpaired) electrons. The number of anilines is 1. The van der Waals surface area contributed by atoms with Crippen LogP contribution in [0.1, 0.15) is 44.2 Å². The summed E-state index contributed by atoms with van der Waals surface area (Å²) in [6.07, 6.45) is 2.52. The highest BCUT2D eigenvalue weighted by Gasteiger charge is 2.30. The first-order valence-corrected chi connectivity index (χ1v) is 16.5. The van der Waals surface area contributed by atoms with Gasteiger partial charge in [0, 0.05) is 32.5 Å². The van der Waals surface area contributed by atoms with Gasteiger partial charge in [-0.3, -0.25) is 13.9 Å². The monoisotopic (exact) mass is 609 g/mol. The average molecular weight is 610 g/mol. The van der Waals surface area contributed by atoms with Gasteiger partial charge < -0.3 is 19.7 Å². The summed E-state index contributed by atoms with van der Waals surface area (Å²) in [4.78, 5) is 29.1. The number of hydrogen-bond donors (Lipinski definition) is 1. The molecule has 232 valence electrons. The summed E-state index contributed by atoms with van der Waals surface area (Å²) in [6.45, 7) is 4.95. The number of carbonyl (C=O) groups is 2. The van der Waals surface area contributed by atoms with Crippen molar-refractivity contribution in [3.63, 3.8) is 0 Å². The number of ether oxygens (including phenoxy) is 2. The van der Waals surface area contributed by atoms with E-state index in [2.05, 4.69) is 5.32 Å². The summed E-state index contributed by atoms with van der Waals surface area (Å²) < 4.78 is 38.0. The number of amides is 2. The van der Waals surface area contributed by atoms with Crippen molar-refractivity contribution in [2.45, 2.75) is 52.1 Å². The summed E-state index contributed by atoms with van der Waals surface area (Å²) >= 11 is 0. The second kappa shape index (κ2) is 16.6. The lowest BCUT2D eigenvalue weighted by atomic mass is 10.0. The molecule has 0 heterocycles. The summed E-state index contributed by atoms with van der Waals surface area (Å²) in [5, 5.41) is 2.97. The third-order valence-corrected chi connectivity index (χ3v) is 8.07. The van der Waals surface area contributed by atoms with Crippen LogP contribution in [0, 0.1) is 0 Å². The fourth-order valence-corrected chi connectivity index (χ4v) is 5.78. The van der Waals surface area contributed by atoms with Crippen LogP contribution in [0.25, 0.3) is 0 Å². The van der Waals surface area contributed by atoms with Crippen molar-refractivity contribution in [1.82, 2.24) is 10.2 Å². The van der Waals surface area contributed by atoms with Gasteiger partial charge in [0.25, 0.3) is 0 Å². The fraction of sp³-hybridized carbons (Fsp3) is 0.394. The van der Waals surface area contributed by atoms with Crippen LogP contribution in [-0.4, -0.2) is 64.2 Å². The van der Waals surface area contributed by atoms with Gasteiger partial charge in [-0.15, -0.1) is 0 Å². The van der Waals surface area contributed by atoms with Crippen molar-refractivity contribution in [2.75, 3.05) is 37.4 Å². The Labute approximate surface area is 255 Å². The van der Waals surface area contributed by atoms with Crippen molar-refractivity contribution in [3.05, 3.63) is 90.0 Å². The SMILES string of the molecule is CCCNC(=O)[C@@H](Cc1ccccc1)N(Cc1cccc(OC)c1)C(=O)CCCN(c1ccccc1OCC)S(C)(=O)=O. The van der Waals surface area contributed by atoms with Crippen LogP contribution in [-0.2, 0) is 32.6 Å². The predicted molar refractivity (Wildman–Crippen MR) is 170 cm³/mol. The van der Waals surface area contributed by atoms with E-state index in [4.69, 9.17) is 9.47 Å². The minimum absolute atomic E-state index is 0.0408. The zero-order valence-electron chi connectivity index (χ0n) is 25.5. The molecule has 0 aliphatic carbocycles. The lowest BCUT2D eigenvalue weighted by molar-refractivity contribution is -0.141. The third kappa shape index (κ3) is 10.0. The zero-order valence-corrected chi connectivity index (χ0v) is 26.3. The van der Waals surface area contributed by atoms with Crippen molar-refractivity contribution in [1.29, 1.82) is 0 Å². The molecule has 0 aromatic heterocycles. The number of sulfonamides is 1. The topological polar surface area (TPSA) is 105 Å². The van der Waals surface area contributed by atoms with Gasteiger partial charge >= 0.3 is 0 Å². The molecule has 3 aromatic rings. The number of benzene rings is 3. The van der Waals surface area contributed by atoms with E-state index in [0.717, 1.165) is 23.8 Å². The zero-order chi connectivity index (χ0) is 31.2. The fourth-order valence-electron chi connectivity index (χ4n) is 4.81. The van der Waals surface area contributed by atoms with Crippen LogP contribution in [0.15, 0.2) is 78.9 Å². The van der Waals surface area contributed by atoms with E-state index >= 15 is 0 Å². The minimum atomic E-state index is -3.66. The molecule has 0 spiro atoms. The van der Waals surface area contributed by atoms with Crippen molar-refractivity contribution in [3.8, 4) is 11.5 Å². The van der Waals surface area contributed by atoms with Crippen LogP contribution in [0.2, 0.25) is 0 Å². The van der Waals surface area contributed by atoms with Crippen LogP contribution in [0.5, 0.6) is 11.5 Å². The molecule has 1 N–H and O–H groups in total. The second-order valence-corrected chi connectivity index (χ2v) is 12.1. The number of hydrogen-bond acceptors (Lipinski definition) is 6. The molecule has 43 heavy (non-hydrogen) atoms. The standard InChI is InChI=1S/C33H43N3O6S/c1-5-21-34-33(38)30(24-26-14-8-7-9-15-26)35(25-27-16-12-17-28(23-27)41-3)32(37)20-13-22-36(43(4,39)40)29-18-10-11-19-31(29)42-6-2/h7-12,14-19,23,30H,5-6,13,20-22,24-25H2,1-4H3,(H,34,38)/t30-/m1/s1. The minimum Gasteiger partial charge on any atom is -0.497 e. The molecule has 0 saturated carbocycles. The Morgan fingerprint density at radius 1 is 0.930 bits per heavy atom. The molecule has 9 nitrogen and oxygen atoms in total. The van der Waals surface area contributed by atoms with Gasteiger partial charge in [0.05, 0.1) is 25.7 Å². The van der Waals surface area contributed by atoms with E-state index in [1.54, 1.807) is 36.3 Å². The van der Waals surface area contributed by atoms with E-state index in [9.17, 15) is 18.0 Å². The van der Waals surface area contributed by atoms with Crippen molar-refractivity contribution in [2.24, 2.45) is 0 Å². The van der Waals surface area contributed by atoms with E-state index in [1.165, 1.54) is 4.31 Å². The Morgan fingerprint density at radius 3 is 2.30 bits per heavy atom. The maximum absolute atomic E-state index is 14.0. The Kier molecular flexibility index (Phi) is 12.9. The molecule has 0 bridgehead atoms.